The SMILES string of the molecule is CCCN1C(=O)OCCC1CO. The van der Waals surface area contributed by atoms with E-state index in [0.717, 1.165) is 12.8 Å². The molecule has 12 heavy (non-hydrogen) atoms. The second-order valence-electron chi connectivity index (χ2n) is 2.93. The third-order valence-corrected chi connectivity index (χ3v) is 2.03. The predicted molar refractivity (Wildman–Crippen MR) is 43.8 cm³/mol. The van der Waals surface area contributed by atoms with E-state index in [0.29, 0.717) is 13.2 Å². The molecular weight excluding hydrogens is 158 g/mol. The molecule has 1 saturated heterocycles. The van der Waals surface area contributed by atoms with Crippen LogP contribution in [0.25, 0.3) is 0 Å². The number of carbonyl (C=O) groups excluding carboxylic acids is 1. The van der Waals surface area contributed by atoms with Gasteiger partial charge >= 0.3 is 6.09 Å². The van der Waals surface area contributed by atoms with Crippen molar-refractivity contribution in [3.05, 3.63) is 0 Å². The number of ether oxygens (including phenoxy) is 1. The Hall–Kier alpha value is -0.770. The highest BCUT2D eigenvalue weighted by Gasteiger charge is 2.27. The molecule has 1 aliphatic heterocycles. The first kappa shape index (κ1) is 9.32. The van der Waals surface area contributed by atoms with Crippen molar-refractivity contribution in [3.8, 4) is 0 Å². The molecule has 1 unspecified atom stereocenters. The van der Waals surface area contributed by atoms with Gasteiger partial charge in [-0.1, -0.05) is 6.92 Å². The number of aliphatic hydroxyl groups excluding tert-OH is 1. The van der Waals surface area contributed by atoms with E-state index < -0.39 is 0 Å². The summed E-state index contributed by atoms with van der Waals surface area (Å²) in [5, 5.41) is 8.96. The molecule has 0 bridgehead atoms. The van der Waals surface area contributed by atoms with Crippen molar-refractivity contribution in [2.24, 2.45) is 0 Å². The molecule has 0 aromatic rings. The van der Waals surface area contributed by atoms with Crippen LogP contribution in [0, 0.1) is 0 Å². The van der Waals surface area contributed by atoms with Crippen LogP contribution in [0.3, 0.4) is 0 Å². The van der Waals surface area contributed by atoms with Crippen LogP contribution in [0.4, 0.5) is 4.79 Å². The van der Waals surface area contributed by atoms with Crippen molar-refractivity contribution in [1.82, 2.24) is 4.90 Å². The number of carbonyl (C=O) groups is 1. The molecule has 1 aliphatic rings. The summed E-state index contributed by atoms with van der Waals surface area (Å²) in [5.41, 5.74) is 0. The van der Waals surface area contributed by atoms with Crippen molar-refractivity contribution in [3.63, 3.8) is 0 Å². The number of rotatable bonds is 3. The highest BCUT2D eigenvalue weighted by molar-refractivity contribution is 5.68. The van der Waals surface area contributed by atoms with Crippen molar-refractivity contribution in [2.45, 2.75) is 25.8 Å². The zero-order chi connectivity index (χ0) is 8.97. The van der Waals surface area contributed by atoms with E-state index in [4.69, 9.17) is 9.84 Å². The van der Waals surface area contributed by atoms with Gasteiger partial charge in [-0.05, 0) is 6.42 Å². The van der Waals surface area contributed by atoms with E-state index in [9.17, 15) is 4.79 Å². The lowest BCUT2D eigenvalue weighted by Crippen LogP contribution is -2.47. The lowest BCUT2D eigenvalue weighted by atomic mass is 10.2. The van der Waals surface area contributed by atoms with Gasteiger partial charge in [-0.15, -0.1) is 0 Å². The lowest BCUT2D eigenvalue weighted by Gasteiger charge is -2.33. The number of cyclic esters (lactones) is 1. The van der Waals surface area contributed by atoms with E-state index in [1.54, 1.807) is 4.90 Å². The Kier molecular flexibility index (Phi) is 3.34. The molecule has 0 radical (unpaired) electrons. The zero-order valence-corrected chi connectivity index (χ0v) is 7.32. The molecule has 0 saturated carbocycles. The largest absolute Gasteiger partial charge is 0.449 e. The normalized spacial score (nSPS) is 24.0. The summed E-state index contributed by atoms with van der Waals surface area (Å²) in [4.78, 5) is 12.7. The van der Waals surface area contributed by atoms with E-state index in [1.807, 2.05) is 6.92 Å². The Morgan fingerprint density at radius 1 is 1.75 bits per heavy atom. The zero-order valence-electron chi connectivity index (χ0n) is 7.32. The fourth-order valence-corrected chi connectivity index (χ4v) is 1.37. The van der Waals surface area contributed by atoms with Crippen molar-refractivity contribution < 1.29 is 14.6 Å². The van der Waals surface area contributed by atoms with Crippen molar-refractivity contribution in [1.29, 1.82) is 0 Å². The monoisotopic (exact) mass is 173 g/mol. The average Bonchev–Trinajstić information content (AvgIpc) is 2.09. The third kappa shape index (κ3) is 1.88. The minimum atomic E-state index is -0.290. The summed E-state index contributed by atoms with van der Waals surface area (Å²) in [5.74, 6) is 0. The summed E-state index contributed by atoms with van der Waals surface area (Å²) < 4.78 is 4.85. The van der Waals surface area contributed by atoms with Crippen LogP contribution >= 0.6 is 0 Å². The van der Waals surface area contributed by atoms with E-state index in [-0.39, 0.29) is 18.7 Å². The molecule has 1 atom stereocenters. The molecule has 0 aliphatic carbocycles. The van der Waals surface area contributed by atoms with Crippen molar-refractivity contribution >= 4 is 6.09 Å². The summed E-state index contributed by atoms with van der Waals surface area (Å²) in [6, 6.07) is -0.0359. The number of aliphatic hydroxyl groups is 1. The Morgan fingerprint density at radius 2 is 2.50 bits per heavy atom. The second-order valence-corrected chi connectivity index (χ2v) is 2.93. The predicted octanol–water partition coefficient (Wildman–Crippen LogP) is 0.600. The van der Waals surface area contributed by atoms with Gasteiger partial charge in [0.15, 0.2) is 0 Å². The Balaban J connectivity index is 2.53. The Bertz CT molecular complexity index is 160. The smallest absolute Gasteiger partial charge is 0.410 e. The van der Waals surface area contributed by atoms with Gasteiger partial charge < -0.3 is 14.7 Å². The average molecular weight is 173 g/mol. The summed E-state index contributed by atoms with van der Waals surface area (Å²) in [6.07, 6.45) is 1.34. The van der Waals surface area contributed by atoms with Gasteiger partial charge in [0, 0.05) is 13.0 Å². The second kappa shape index (κ2) is 4.30. The van der Waals surface area contributed by atoms with Crippen LogP contribution in [-0.4, -0.2) is 41.9 Å². The van der Waals surface area contributed by atoms with Crippen LogP contribution < -0.4 is 0 Å². The van der Waals surface area contributed by atoms with Gasteiger partial charge in [0.1, 0.15) is 0 Å². The fourth-order valence-electron chi connectivity index (χ4n) is 1.37. The van der Waals surface area contributed by atoms with Crippen LogP contribution in [0.1, 0.15) is 19.8 Å². The maximum atomic E-state index is 11.1. The molecule has 1 amide bonds. The quantitative estimate of drug-likeness (QED) is 0.680. The first-order valence-electron chi connectivity index (χ1n) is 4.33. The molecule has 1 fully saturated rings. The van der Waals surface area contributed by atoms with Gasteiger partial charge in [0.25, 0.3) is 0 Å². The molecule has 1 heterocycles. The standard InChI is InChI=1S/C8H15NO3/c1-2-4-9-7(6-10)3-5-12-8(9)11/h7,10H,2-6H2,1H3. The highest BCUT2D eigenvalue weighted by Crippen LogP contribution is 2.12. The molecule has 1 rings (SSSR count). The van der Waals surface area contributed by atoms with Gasteiger partial charge in [-0.2, -0.15) is 0 Å². The number of hydrogen-bond acceptors (Lipinski definition) is 3. The van der Waals surface area contributed by atoms with Crippen molar-refractivity contribution in [2.75, 3.05) is 19.8 Å². The molecule has 70 valence electrons. The van der Waals surface area contributed by atoms with Crippen LogP contribution in [0.2, 0.25) is 0 Å². The molecular formula is C8H15NO3. The topological polar surface area (TPSA) is 49.8 Å². The first-order valence-corrected chi connectivity index (χ1v) is 4.33. The van der Waals surface area contributed by atoms with Crippen LogP contribution in [-0.2, 0) is 4.74 Å². The third-order valence-electron chi connectivity index (χ3n) is 2.03. The minimum Gasteiger partial charge on any atom is -0.449 e. The molecule has 4 nitrogen and oxygen atoms in total. The highest BCUT2D eigenvalue weighted by atomic mass is 16.6. The molecule has 0 spiro atoms. The number of nitrogens with zero attached hydrogens (tertiary/aromatic N) is 1. The molecule has 1 N–H and O–H groups in total. The lowest BCUT2D eigenvalue weighted by molar-refractivity contribution is 0.0253. The Morgan fingerprint density at radius 3 is 3.08 bits per heavy atom. The van der Waals surface area contributed by atoms with Crippen LogP contribution in [0.5, 0.6) is 0 Å². The fraction of sp³-hybridized carbons (Fsp3) is 0.875. The van der Waals surface area contributed by atoms with Crippen LogP contribution in [0.15, 0.2) is 0 Å². The minimum absolute atomic E-state index is 0.0359. The molecule has 0 aromatic heterocycles. The van der Waals surface area contributed by atoms with E-state index >= 15 is 0 Å². The first-order chi connectivity index (χ1) is 5.79. The maximum absolute atomic E-state index is 11.1. The number of hydrogen-bond donors (Lipinski definition) is 1. The van der Waals surface area contributed by atoms with E-state index in [2.05, 4.69) is 0 Å². The Labute approximate surface area is 72.1 Å². The summed E-state index contributed by atoms with van der Waals surface area (Å²) in [7, 11) is 0. The van der Waals surface area contributed by atoms with E-state index in [1.165, 1.54) is 0 Å². The summed E-state index contributed by atoms with van der Waals surface area (Å²) in [6.45, 7) is 3.14. The number of amides is 1. The van der Waals surface area contributed by atoms with Gasteiger partial charge in [-0.3, -0.25) is 0 Å². The van der Waals surface area contributed by atoms with Gasteiger partial charge in [0.2, 0.25) is 0 Å². The van der Waals surface area contributed by atoms with Gasteiger partial charge in [0.05, 0.1) is 19.3 Å². The summed E-state index contributed by atoms with van der Waals surface area (Å²) >= 11 is 0. The van der Waals surface area contributed by atoms with Gasteiger partial charge in [-0.25, -0.2) is 4.79 Å². The molecule has 4 heteroatoms. The molecule has 0 aromatic carbocycles. The maximum Gasteiger partial charge on any atom is 0.410 e.